The third-order valence-corrected chi connectivity index (χ3v) is 3.94. The smallest absolute Gasteiger partial charge is 0.227 e. The second kappa shape index (κ2) is 6.47. The molecule has 22 heavy (non-hydrogen) atoms. The number of nitrogen functional groups attached to an aromatic ring is 1. The highest BCUT2D eigenvalue weighted by Crippen LogP contribution is 2.14. The van der Waals surface area contributed by atoms with Crippen LogP contribution in [0.4, 0.5) is 11.5 Å². The number of anilines is 2. The van der Waals surface area contributed by atoms with Crippen LogP contribution in [0, 0.1) is 0 Å². The number of pyridine rings is 1. The van der Waals surface area contributed by atoms with E-state index in [2.05, 4.69) is 9.88 Å². The van der Waals surface area contributed by atoms with E-state index in [9.17, 15) is 4.79 Å². The Balaban J connectivity index is 1.54. The van der Waals surface area contributed by atoms with Crippen molar-refractivity contribution < 1.29 is 4.79 Å². The summed E-state index contributed by atoms with van der Waals surface area (Å²) in [6, 6.07) is 13.4. The first-order valence-corrected chi connectivity index (χ1v) is 7.50. The van der Waals surface area contributed by atoms with Crippen molar-refractivity contribution in [1.29, 1.82) is 0 Å². The van der Waals surface area contributed by atoms with Gasteiger partial charge in [0.15, 0.2) is 0 Å². The quantitative estimate of drug-likeness (QED) is 0.873. The molecule has 1 aliphatic heterocycles. The molecule has 5 nitrogen and oxygen atoms in total. The van der Waals surface area contributed by atoms with Gasteiger partial charge in [0.25, 0.3) is 0 Å². The van der Waals surface area contributed by atoms with Crippen LogP contribution in [0.15, 0.2) is 48.7 Å². The monoisotopic (exact) mass is 296 g/mol. The number of nitrogens with two attached hydrogens (primary N) is 1. The van der Waals surface area contributed by atoms with Crippen LogP contribution in [0.5, 0.6) is 0 Å². The molecule has 2 heterocycles. The average Bonchev–Trinajstić information content (AvgIpc) is 2.58. The molecule has 2 N–H and O–H groups in total. The zero-order valence-corrected chi connectivity index (χ0v) is 12.5. The predicted molar refractivity (Wildman–Crippen MR) is 87.6 cm³/mol. The normalized spacial score (nSPS) is 14.9. The number of hydrogen-bond donors (Lipinski definition) is 1. The molecule has 0 unspecified atom stereocenters. The third kappa shape index (κ3) is 3.36. The first-order chi connectivity index (χ1) is 10.7. The second-order valence-corrected chi connectivity index (χ2v) is 5.47. The van der Waals surface area contributed by atoms with Gasteiger partial charge >= 0.3 is 0 Å². The fraction of sp³-hybridized carbons (Fsp3) is 0.294. The summed E-state index contributed by atoms with van der Waals surface area (Å²) >= 11 is 0. The van der Waals surface area contributed by atoms with Gasteiger partial charge in [-0.15, -0.1) is 0 Å². The lowest BCUT2D eigenvalue weighted by atomic mass is 10.1. The molecule has 1 saturated heterocycles. The Morgan fingerprint density at radius 3 is 2.41 bits per heavy atom. The van der Waals surface area contributed by atoms with E-state index in [1.165, 1.54) is 0 Å². The zero-order valence-electron chi connectivity index (χ0n) is 12.5. The van der Waals surface area contributed by atoms with Crippen LogP contribution < -0.4 is 10.6 Å². The standard InChI is InChI=1S/C17H20N4O/c18-15-6-4-14(5-7-15)13-17(22)21-11-9-20(10-12-21)16-3-1-2-8-19-16/h1-8H,9-13,18H2. The van der Waals surface area contributed by atoms with Crippen molar-refractivity contribution in [3.63, 3.8) is 0 Å². The molecule has 0 bridgehead atoms. The van der Waals surface area contributed by atoms with E-state index in [-0.39, 0.29) is 5.91 Å². The van der Waals surface area contributed by atoms with Crippen LogP contribution in [-0.2, 0) is 11.2 Å². The van der Waals surface area contributed by atoms with Gasteiger partial charge in [0.05, 0.1) is 6.42 Å². The van der Waals surface area contributed by atoms with Crippen LogP contribution in [-0.4, -0.2) is 42.0 Å². The number of piperazine rings is 1. The number of carbonyl (C=O) groups is 1. The molecule has 3 rings (SSSR count). The molecule has 0 radical (unpaired) electrons. The van der Waals surface area contributed by atoms with Gasteiger partial charge in [-0.2, -0.15) is 0 Å². The highest BCUT2D eigenvalue weighted by atomic mass is 16.2. The molecule has 0 aliphatic carbocycles. The van der Waals surface area contributed by atoms with Gasteiger partial charge in [-0.3, -0.25) is 4.79 Å². The van der Waals surface area contributed by atoms with Crippen molar-refractivity contribution >= 4 is 17.4 Å². The van der Waals surface area contributed by atoms with Crippen LogP contribution in [0.1, 0.15) is 5.56 Å². The lowest BCUT2D eigenvalue weighted by Crippen LogP contribution is -2.49. The molecule has 1 aromatic heterocycles. The molecule has 1 fully saturated rings. The third-order valence-electron chi connectivity index (χ3n) is 3.94. The van der Waals surface area contributed by atoms with Crippen LogP contribution >= 0.6 is 0 Å². The summed E-state index contributed by atoms with van der Waals surface area (Å²) in [4.78, 5) is 20.9. The first kappa shape index (κ1) is 14.4. The predicted octanol–water partition coefficient (Wildman–Crippen LogP) is 1.56. The summed E-state index contributed by atoms with van der Waals surface area (Å²) in [5, 5.41) is 0. The molecular weight excluding hydrogens is 276 g/mol. The number of rotatable bonds is 3. The largest absolute Gasteiger partial charge is 0.399 e. The fourth-order valence-corrected chi connectivity index (χ4v) is 2.65. The number of aromatic nitrogens is 1. The SMILES string of the molecule is Nc1ccc(CC(=O)N2CCN(c3ccccn3)CC2)cc1. The van der Waals surface area contributed by atoms with Crippen molar-refractivity contribution in [2.24, 2.45) is 0 Å². The van der Waals surface area contributed by atoms with Crippen molar-refractivity contribution in [2.75, 3.05) is 36.8 Å². The summed E-state index contributed by atoms with van der Waals surface area (Å²) in [6.45, 7) is 3.13. The van der Waals surface area contributed by atoms with Crippen molar-refractivity contribution in [3.05, 3.63) is 54.2 Å². The van der Waals surface area contributed by atoms with Gasteiger partial charge in [-0.1, -0.05) is 18.2 Å². The first-order valence-electron chi connectivity index (χ1n) is 7.50. The van der Waals surface area contributed by atoms with E-state index in [4.69, 9.17) is 5.73 Å². The van der Waals surface area contributed by atoms with Crippen LogP contribution in [0.2, 0.25) is 0 Å². The van der Waals surface area contributed by atoms with Crippen LogP contribution in [0.3, 0.4) is 0 Å². The molecule has 0 spiro atoms. The van der Waals surface area contributed by atoms with E-state index < -0.39 is 0 Å². The Morgan fingerprint density at radius 1 is 1.05 bits per heavy atom. The van der Waals surface area contributed by atoms with E-state index >= 15 is 0 Å². The van der Waals surface area contributed by atoms with Gasteiger partial charge in [-0.05, 0) is 29.8 Å². The van der Waals surface area contributed by atoms with E-state index in [0.717, 1.165) is 43.2 Å². The Bertz CT molecular complexity index is 619. The molecule has 1 amide bonds. The molecule has 0 saturated carbocycles. The van der Waals surface area contributed by atoms with E-state index in [1.807, 2.05) is 47.4 Å². The average molecular weight is 296 g/mol. The second-order valence-electron chi connectivity index (χ2n) is 5.47. The Labute approximate surface area is 130 Å². The lowest BCUT2D eigenvalue weighted by Gasteiger charge is -2.35. The Morgan fingerprint density at radius 2 is 1.77 bits per heavy atom. The minimum atomic E-state index is 0.172. The number of nitrogens with zero attached hydrogens (tertiary/aromatic N) is 3. The highest BCUT2D eigenvalue weighted by Gasteiger charge is 2.21. The minimum Gasteiger partial charge on any atom is -0.399 e. The van der Waals surface area contributed by atoms with Crippen molar-refractivity contribution in [3.8, 4) is 0 Å². The number of carbonyl (C=O) groups excluding carboxylic acids is 1. The molecule has 5 heteroatoms. The summed E-state index contributed by atoms with van der Waals surface area (Å²) in [6.07, 6.45) is 2.23. The molecular formula is C17H20N4O. The summed E-state index contributed by atoms with van der Waals surface area (Å²) in [7, 11) is 0. The van der Waals surface area contributed by atoms with Gasteiger partial charge in [0.2, 0.25) is 5.91 Å². The fourth-order valence-electron chi connectivity index (χ4n) is 2.65. The maximum absolute atomic E-state index is 12.4. The number of amides is 1. The molecule has 114 valence electrons. The summed E-state index contributed by atoms with van der Waals surface area (Å²) in [5.74, 6) is 1.15. The van der Waals surface area contributed by atoms with Gasteiger partial charge < -0.3 is 15.5 Å². The maximum atomic E-state index is 12.4. The van der Waals surface area contributed by atoms with Gasteiger partial charge in [0, 0.05) is 38.1 Å². The van der Waals surface area contributed by atoms with Crippen molar-refractivity contribution in [2.45, 2.75) is 6.42 Å². The molecule has 1 aromatic carbocycles. The van der Waals surface area contributed by atoms with E-state index in [1.54, 1.807) is 6.20 Å². The zero-order chi connectivity index (χ0) is 15.4. The lowest BCUT2D eigenvalue weighted by molar-refractivity contribution is -0.130. The minimum absolute atomic E-state index is 0.172. The topological polar surface area (TPSA) is 62.5 Å². The van der Waals surface area contributed by atoms with Gasteiger partial charge in [-0.25, -0.2) is 4.98 Å². The molecule has 1 aliphatic rings. The van der Waals surface area contributed by atoms with Gasteiger partial charge in [0.1, 0.15) is 5.82 Å². The summed E-state index contributed by atoms with van der Waals surface area (Å²) in [5.41, 5.74) is 7.39. The maximum Gasteiger partial charge on any atom is 0.227 e. The van der Waals surface area contributed by atoms with E-state index in [0.29, 0.717) is 6.42 Å². The molecule has 0 atom stereocenters. The van der Waals surface area contributed by atoms with Crippen LogP contribution in [0.25, 0.3) is 0 Å². The highest BCUT2D eigenvalue weighted by molar-refractivity contribution is 5.79. The van der Waals surface area contributed by atoms with Crippen molar-refractivity contribution in [1.82, 2.24) is 9.88 Å². The number of benzene rings is 1. The summed E-state index contributed by atoms with van der Waals surface area (Å²) < 4.78 is 0. The Hall–Kier alpha value is -2.56. The Kier molecular flexibility index (Phi) is 4.23. The molecule has 2 aromatic rings. The number of hydrogen-bond acceptors (Lipinski definition) is 4.